The third kappa shape index (κ3) is 5.65. The second kappa shape index (κ2) is 7.24. The summed E-state index contributed by atoms with van der Waals surface area (Å²) in [6, 6.07) is 7.16. The maximum atomic E-state index is 11.6. The van der Waals surface area contributed by atoms with Crippen molar-refractivity contribution in [2.45, 2.75) is 25.8 Å². The van der Waals surface area contributed by atoms with Crippen molar-refractivity contribution < 1.29 is 13.2 Å². The minimum absolute atomic E-state index is 0.0338. The molecule has 0 spiro atoms. The zero-order valence-electron chi connectivity index (χ0n) is 11.6. The average Bonchev–Trinajstić information content (AvgIpc) is 3.29. The van der Waals surface area contributed by atoms with Crippen LogP contribution in [0.1, 0.15) is 24.8 Å². The standard InChI is InChI=1S/C14H19ClN2O3S/c15-8-1-9-21(19,20)16-10-11-2-6-13(7-3-11)17-14(18)12-4-5-12/h2-3,6-7,12,16H,1,4-5,8-10H2,(H,17,18). The molecule has 116 valence electrons. The Morgan fingerprint density at radius 2 is 1.90 bits per heavy atom. The molecule has 5 nitrogen and oxygen atoms in total. The van der Waals surface area contributed by atoms with Crippen molar-refractivity contribution >= 4 is 33.2 Å². The smallest absolute Gasteiger partial charge is 0.227 e. The Morgan fingerprint density at radius 1 is 1.24 bits per heavy atom. The number of sulfonamides is 1. The van der Waals surface area contributed by atoms with E-state index in [-0.39, 0.29) is 24.1 Å². The summed E-state index contributed by atoms with van der Waals surface area (Å²) in [4.78, 5) is 11.6. The second-order valence-corrected chi connectivity index (χ2v) is 7.45. The number of carbonyl (C=O) groups excluding carboxylic acids is 1. The summed E-state index contributed by atoms with van der Waals surface area (Å²) in [5.41, 5.74) is 1.58. The van der Waals surface area contributed by atoms with Crippen molar-refractivity contribution in [3.05, 3.63) is 29.8 Å². The number of carbonyl (C=O) groups is 1. The van der Waals surface area contributed by atoms with Gasteiger partial charge in [-0.05, 0) is 37.0 Å². The Kier molecular flexibility index (Phi) is 5.61. The molecule has 1 saturated carbocycles. The molecule has 1 fully saturated rings. The topological polar surface area (TPSA) is 75.3 Å². The van der Waals surface area contributed by atoms with Crippen molar-refractivity contribution in [3.8, 4) is 0 Å². The fourth-order valence-corrected chi connectivity index (χ4v) is 3.15. The molecule has 0 unspecified atom stereocenters. The van der Waals surface area contributed by atoms with Gasteiger partial charge < -0.3 is 5.32 Å². The zero-order valence-corrected chi connectivity index (χ0v) is 13.2. The molecule has 1 amide bonds. The van der Waals surface area contributed by atoms with Gasteiger partial charge in [0.25, 0.3) is 0 Å². The summed E-state index contributed by atoms with van der Waals surface area (Å²) in [6.07, 6.45) is 2.37. The van der Waals surface area contributed by atoms with E-state index in [0.29, 0.717) is 12.3 Å². The number of amides is 1. The van der Waals surface area contributed by atoms with Gasteiger partial charge in [0.2, 0.25) is 15.9 Å². The van der Waals surface area contributed by atoms with E-state index in [1.54, 1.807) is 24.3 Å². The maximum Gasteiger partial charge on any atom is 0.227 e. The average molecular weight is 331 g/mol. The summed E-state index contributed by atoms with van der Waals surface area (Å²) >= 11 is 5.48. The fraction of sp³-hybridized carbons (Fsp3) is 0.500. The van der Waals surface area contributed by atoms with Gasteiger partial charge in [0.05, 0.1) is 5.75 Å². The molecule has 2 N–H and O–H groups in total. The molecule has 21 heavy (non-hydrogen) atoms. The van der Waals surface area contributed by atoms with Crippen LogP contribution in [0.3, 0.4) is 0 Å². The predicted octanol–water partition coefficient (Wildman–Crippen LogP) is 2.08. The number of benzene rings is 1. The predicted molar refractivity (Wildman–Crippen MR) is 83.8 cm³/mol. The van der Waals surface area contributed by atoms with Crippen LogP contribution in [0.2, 0.25) is 0 Å². The van der Waals surface area contributed by atoms with Crippen molar-refractivity contribution in [1.29, 1.82) is 0 Å². The van der Waals surface area contributed by atoms with Crippen LogP contribution in [0.25, 0.3) is 0 Å². The number of halogens is 1. The lowest BCUT2D eigenvalue weighted by molar-refractivity contribution is -0.117. The van der Waals surface area contributed by atoms with Gasteiger partial charge in [0.1, 0.15) is 0 Å². The quantitative estimate of drug-likeness (QED) is 0.717. The molecule has 0 atom stereocenters. The highest BCUT2D eigenvalue weighted by Gasteiger charge is 2.29. The van der Waals surface area contributed by atoms with Crippen LogP contribution >= 0.6 is 11.6 Å². The Balaban J connectivity index is 1.83. The summed E-state index contributed by atoms with van der Waals surface area (Å²) in [5, 5.41) is 2.84. The van der Waals surface area contributed by atoms with Crippen LogP contribution in [0.4, 0.5) is 5.69 Å². The molecular formula is C14H19ClN2O3S. The lowest BCUT2D eigenvalue weighted by Gasteiger charge is -2.08. The molecule has 0 saturated heterocycles. The molecule has 0 heterocycles. The third-order valence-electron chi connectivity index (χ3n) is 3.21. The van der Waals surface area contributed by atoms with E-state index in [2.05, 4.69) is 10.0 Å². The minimum Gasteiger partial charge on any atom is -0.326 e. The van der Waals surface area contributed by atoms with Gasteiger partial charge >= 0.3 is 0 Å². The highest BCUT2D eigenvalue weighted by Crippen LogP contribution is 2.30. The van der Waals surface area contributed by atoms with Gasteiger partial charge in [0, 0.05) is 24.0 Å². The largest absolute Gasteiger partial charge is 0.326 e. The number of hydrogen-bond acceptors (Lipinski definition) is 3. The first-order valence-corrected chi connectivity index (χ1v) is 9.12. The van der Waals surface area contributed by atoms with E-state index in [1.807, 2.05) is 0 Å². The fourth-order valence-electron chi connectivity index (χ4n) is 1.81. The molecule has 1 aliphatic rings. The molecule has 0 aromatic heterocycles. The summed E-state index contributed by atoms with van der Waals surface area (Å²) < 4.78 is 25.8. The molecule has 0 aliphatic heterocycles. The van der Waals surface area contributed by atoms with Crippen LogP contribution in [0, 0.1) is 5.92 Å². The van der Waals surface area contributed by atoms with E-state index >= 15 is 0 Å². The van der Waals surface area contributed by atoms with E-state index in [1.165, 1.54) is 0 Å². The van der Waals surface area contributed by atoms with Crippen molar-refractivity contribution in [2.24, 2.45) is 5.92 Å². The SMILES string of the molecule is O=C(Nc1ccc(CNS(=O)(=O)CCCCl)cc1)C1CC1. The minimum atomic E-state index is -3.28. The lowest BCUT2D eigenvalue weighted by Crippen LogP contribution is -2.26. The van der Waals surface area contributed by atoms with Gasteiger partial charge in [-0.3, -0.25) is 4.79 Å². The second-order valence-electron chi connectivity index (χ2n) is 5.14. The van der Waals surface area contributed by atoms with Gasteiger partial charge in [-0.2, -0.15) is 0 Å². The number of alkyl halides is 1. The zero-order chi connectivity index (χ0) is 15.3. The molecule has 1 aliphatic carbocycles. The van der Waals surface area contributed by atoms with Gasteiger partial charge in [-0.25, -0.2) is 13.1 Å². The van der Waals surface area contributed by atoms with Gasteiger partial charge in [-0.1, -0.05) is 12.1 Å². The van der Waals surface area contributed by atoms with Crippen molar-refractivity contribution in [3.63, 3.8) is 0 Å². The van der Waals surface area contributed by atoms with E-state index in [4.69, 9.17) is 11.6 Å². The highest BCUT2D eigenvalue weighted by atomic mass is 35.5. The summed E-state index contributed by atoms with van der Waals surface area (Å²) in [5.74, 6) is 0.588. The maximum absolute atomic E-state index is 11.6. The molecule has 2 rings (SSSR count). The normalized spacial score (nSPS) is 14.9. The molecule has 1 aromatic carbocycles. The molecular weight excluding hydrogens is 312 g/mol. The van der Waals surface area contributed by atoms with Crippen molar-refractivity contribution in [1.82, 2.24) is 4.72 Å². The first-order valence-electron chi connectivity index (χ1n) is 6.93. The molecule has 0 radical (unpaired) electrons. The Hall–Kier alpha value is -1.11. The van der Waals surface area contributed by atoms with Gasteiger partial charge in [-0.15, -0.1) is 11.6 Å². The Labute approximate surface area is 130 Å². The monoisotopic (exact) mass is 330 g/mol. The van der Waals surface area contributed by atoms with E-state index in [9.17, 15) is 13.2 Å². The number of rotatable bonds is 8. The highest BCUT2D eigenvalue weighted by molar-refractivity contribution is 7.89. The van der Waals surface area contributed by atoms with Crippen molar-refractivity contribution in [2.75, 3.05) is 16.9 Å². The first kappa shape index (κ1) is 16.3. The van der Waals surface area contributed by atoms with Crippen LogP contribution in [0.5, 0.6) is 0 Å². The third-order valence-corrected chi connectivity index (χ3v) is 4.89. The summed E-state index contributed by atoms with van der Waals surface area (Å²) in [6.45, 7) is 0.238. The molecule has 1 aromatic rings. The summed E-state index contributed by atoms with van der Waals surface area (Å²) in [7, 11) is -3.28. The molecule has 0 bridgehead atoms. The Morgan fingerprint density at radius 3 is 2.48 bits per heavy atom. The van der Waals surface area contributed by atoms with Crippen LogP contribution < -0.4 is 10.0 Å². The first-order chi connectivity index (χ1) is 10.00. The van der Waals surface area contributed by atoms with Crippen LogP contribution in [-0.2, 0) is 21.4 Å². The van der Waals surface area contributed by atoms with Crippen LogP contribution in [-0.4, -0.2) is 26.0 Å². The Bertz CT molecular complexity index is 583. The number of hydrogen-bond donors (Lipinski definition) is 2. The van der Waals surface area contributed by atoms with E-state index in [0.717, 1.165) is 24.1 Å². The van der Waals surface area contributed by atoms with Gasteiger partial charge in [0.15, 0.2) is 0 Å². The number of nitrogens with one attached hydrogen (secondary N) is 2. The van der Waals surface area contributed by atoms with E-state index < -0.39 is 10.0 Å². The lowest BCUT2D eigenvalue weighted by atomic mass is 10.2. The molecule has 7 heteroatoms. The van der Waals surface area contributed by atoms with Crippen LogP contribution in [0.15, 0.2) is 24.3 Å². The number of anilines is 1.